The molecule has 0 amide bonds. The van der Waals surface area contributed by atoms with Crippen molar-refractivity contribution in [3.63, 3.8) is 0 Å². The fourth-order valence-electron chi connectivity index (χ4n) is 2.77. The van der Waals surface area contributed by atoms with Gasteiger partial charge in [-0.25, -0.2) is 0 Å². The normalized spacial score (nSPS) is 11.7. The lowest BCUT2D eigenvalue weighted by Crippen LogP contribution is -2.18. The van der Waals surface area contributed by atoms with Crippen molar-refractivity contribution in [2.75, 3.05) is 26.4 Å². The van der Waals surface area contributed by atoms with E-state index in [0.717, 1.165) is 23.2 Å². The van der Waals surface area contributed by atoms with E-state index in [4.69, 9.17) is 65.5 Å². The summed E-state index contributed by atoms with van der Waals surface area (Å²) in [4.78, 5) is 15.6. The van der Waals surface area contributed by atoms with E-state index in [0.29, 0.717) is 31.6 Å². The lowest BCUT2D eigenvalue weighted by Gasteiger charge is -2.22. The fourth-order valence-corrected chi connectivity index (χ4v) is 3.02. The van der Waals surface area contributed by atoms with Gasteiger partial charge in [0.05, 0.1) is 6.61 Å². The first-order valence-corrected chi connectivity index (χ1v) is 11.9. The second-order valence-electron chi connectivity index (χ2n) is 6.67. The molecule has 0 saturated carbocycles. The lowest BCUT2D eigenvalue weighted by atomic mass is 10.1. The van der Waals surface area contributed by atoms with E-state index in [-0.39, 0.29) is 34.9 Å². The van der Waals surface area contributed by atoms with Gasteiger partial charge in [-0.2, -0.15) is 0 Å². The van der Waals surface area contributed by atoms with Gasteiger partial charge in [-0.3, -0.25) is 10.3 Å². The highest BCUT2D eigenvalue weighted by molar-refractivity contribution is 6.56. The maximum atomic E-state index is 10.4. The molecule has 0 aromatic heterocycles. The molecule has 184 valence electrons. The first-order valence-electron chi connectivity index (χ1n) is 10.4. The summed E-state index contributed by atoms with van der Waals surface area (Å²) < 4.78 is 17.7. The minimum absolute atomic E-state index is 0.0760. The Labute approximate surface area is 215 Å². The van der Waals surface area contributed by atoms with E-state index in [1.165, 1.54) is 6.08 Å². The summed E-state index contributed by atoms with van der Waals surface area (Å²) in [5.41, 5.74) is 4.62. The third-order valence-electron chi connectivity index (χ3n) is 4.26. The second-order valence-corrected chi connectivity index (χ2v) is 8.68. The van der Waals surface area contributed by atoms with E-state index in [9.17, 15) is 4.79 Å². The van der Waals surface area contributed by atoms with E-state index in [1.807, 2.05) is 32.1 Å². The lowest BCUT2D eigenvalue weighted by molar-refractivity contribution is -0.111. The summed E-state index contributed by atoms with van der Waals surface area (Å²) in [5, 5.41) is 0. The van der Waals surface area contributed by atoms with Gasteiger partial charge in [-0.05, 0) is 56.0 Å². The summed E-state index contributed by atoms with van der Waals surface area (Å²) in [7, 11) is 0. The summed E-state index contributed by atoms with van der Waals surface area (Å²) in [6, 6.07) is 3.84. The minimum Gasteiger partial charge on any atom is -0.489 e. The van der Waals surface area contributed by atoms with Gasteiger partial charge in [0.25, 0.3) is 0 Å². The molecule has 1 rings (SSSR count). The molecule has 1 N–H and O–H groups in total. The number of nitrogens with one attached hydrogen (secondary N) is 1. The van der Waals surface area contributed by atoms with Crippen LogP contribution in [-0.2, 0) is 20.8 Å². The number of carbonyl (C=O) groups excluding carboxylic acids is 1. The molecule has 0 aliphatic heterocycles. The number of rotatable bonds is 17. The van der Waals surface area contributed by atoms with Crippen LogP contribution >= 0.6 is 46.4 Å². The Bertz CT molecular complexity index is 806. The Morgan fingerprint density at radius 3 is 2.48 bits per heavy atom. The molecule has 0 heterocycles. The molecule has 0 bridgehead atoms. The zero-order valence-electron chi connectivity index (χ0n) is 18.6. The third kappa shape index (κ3) is 13.2. The average Bonchev–Trinajstić information content (AvgIpc) is 2.77. The number of halogens is 4. The van der Waals surface area contributed by atoms with Gasteiger partial charge in [0.15, 0.2) is 0 Å². The van der Waals surface area contributed by atoms with Crippen molar-refractivity contribution in [2.24, 2.45) is 0 Å². The molecule has 1 aromatic rings. The van der Waals surface area contributed by atoms with Crippen LogP contribution in [0.3, 0.4) is 0 Å². The molecule has 1 aromatic carbocycles. The van der Waals surface area contributed by atoms with Gasteiger partial charge in [-0.1, -0.05) is 59.4 Å². The maximum absolute atomic E-state index is 10.4. The Kier molecular flexibility index (Phi) is 16.1. The Balaban J connectivity index is 2.94. The predicted molar refractivity (Wildman–Crippen MR) is 134 cm³/mol. The highest BCUT2D eigenvalue weighted by Crippen LogP contribution is 2.34. The molecule has 0 spiro atoms. The highest BCUT2D eigenvalue weighted by atomic mass is 35.5. The van der Waals surface area contributed by atoms with Crippen LogP contribution in [0.4, 0.5) is 0 Å². The zero-order chi connectivity index (χ0) is 24.5. The van der Waals surface area contributed by atoms with E-state index in [1.54, 1.807) is 12.3 Å². The molecule has 0 aliphatic carbocycles. The summed E-state index contributed by atoms with van der Waals surface area (Å²) in [6.45, 7) is 4.98. The molecule has 1 unspecified atom stereocenters. The number of hydrogen-bond donors (Lipinski definition) is 1. The van der Waals surface area contributed by atoms with Gasteiger partial charge in [0.2, 0.25) is 0 Å². The second kappa shape index (κ2) is 18.0. The first kappa shape index (κ1) is 29.6. The number of hydroxylamine groups is 1. The predicted octanol–water partition coefficient (Wildman–Crippen LogP) is 6.35. The average molecular weight is 541 g/mol. The Morgan fingerprint density at radius 1 is 1.09 bits per heavy atom. The van der Waals surface area contributed by atoms with Crippen LogP contribution in [0.25, 0.3) is 0 Å². The van der Waals surface area contributed by atoms with E-state index < -0.39 is 0 Å². The molecular formula is C23H29Cl4NO5. The molecule has 6 nitrogen and oxygen atoms in total. The Morgan fingerprint density at radius 2 is 1.82 bits per heavy atom. The molecule has 0 saturated heterocycles. The van der Waals surface area contributed by atoms with Crippen molar-refractivity contribution in [3.05, 3.63) is 56.7 Å². The van der Waals surface area contributed by atoms with Crippen LogP contribution in [0.15, 0.2) is 45.5 Å². The van der Waals surface area contributed by atoms with Crippen LogP contribution in [0, 0.1) is 6.92 Å². The first-order chi connectivity index (χ1) is 15.9. The third-order valence-corrected chi connectivity index (χ3v) is 4.88. The van der Waals surface area contributed by atoms with Crippen LogP contribution in [-0.4, -0.2) is 38.8 Å². The number of benzene rings is 1. The summed E-state index contributed by atoms with van der Waals surface area (Å²) in [6.07, 6.45) is 9.07. The van der Waals surface area contributed by atoms with Crippen molar-refractivity contribution in [1.82, 2.24) is 5.48 Å². The number of aryl methyl sites for hydroxylation is 1. The van der Waals surface area contributed by atoms with Crippen molar-refractivity contribution >= 4 is 52.7 Å². The monoisotopic (exact) mass is 539 g/mol. The summed E-state index contributed by atoms with van der Waals surface area (Å²) in [5.74, 6) is 1.45. The quantitative estimate of drug-likeness (QED) is 0.141. The van der Waals surface area contributed by atoms with Gasteiger partial charge >= 0.3 is 0 Å². The maximum Gasteiger partial charge on any atom is 0.145 e. The highest BCUT2D eigenvalue weighted by Gasteiger charge is 2.16. The standard InChI is InChI=1S/C23H29Cl4NO5/c1-3-19-20(31-14-9-21(24)25)7-6-17(2)23(19)33-18(5-4-13-30-16-12-29)8-11-28-32-15-10-22(26)27/h6-12,18,28H,3-5,13-16H2,1-2H3. The van der Waals surface area contributed by atoms with Crippen LogP contribution < -0.4 is 15.0 Å². The molecular weight excluding hydrogens is 512 g/mol. The van der Waals surface area contributed by atoms with E-state index >= 15 is 0 Å². The molecule has 0 fully saturated rings. The van der Waals surface area contributed by atoms with Crippen molar-refractivity contribution in [1.29, 1.82) is 0 Å². The number of ether oxygens (including phenoxy) is 3. The smallest absolute Gasteiger partial charge is 0.145 e. The molecule has 1 atom stereocenters. The SMILES string of the molecule is CCc1c(OCC=C(Cl)Cl)ccc(C)c1OC(C=CNOCC=C(Cl)Cl)CCCOCC=O. The number of carbonyl (C=O) groups is 1. The van der Waals surface area contributed by atoms with Crippen molar-refractivity contribution < 1.29 is 23.8 Å². The Hall–Kier alpha value is -1.41. The number of aldehydes is 1. The molecule has 10 heteroatoms. The van der Waals surface area contributed by atoms with Gasteiger partial charge < -0.3 is 19.0 Å². The van der Waals surface area contributed by atoms with Crippen LogP contribution in [0.5, 0.6) is 11.5 Å². The number of hydrogen-bond acceptors (Lipinski definition) is 6. The van der Waals surface area contributed by atoms with Crippen molar-refractivity contribution in [3.8, 4) is 11.5 Å². The van der Waals surface area contributed by atoms with Crippen molar-refractivity contribution in [2.45, 2.75) is 39.2 Å². The largest absolute Gasteiger partial charge is 0.489 e. The van der Waals surface area contributed by atoms with Crippen LogP contribution in [0.2, 0.25) is 0 Å². The molecule has 0 radical (unpaired) electrons. The van der Waals surface area contributed by atoms with Gasteiger partial charge in [-0.15, -0.1) is 0 Å². The van der Waals surface area contributed by atoms with Crippen LogP contribution in [0.1, 0.15) is 30.9 Å². The fraction of sp³-hybridized carbons (Fsp3) is 0.435. The molecule has 33 heavy (non-hydrogen) atoms. The van der Waals surface area contributed by atoms with E-state index in [2.05, 4.69) is 5.48 Å². The zero-order valence-corrected chi connectivity index (χ0v) is 21.6. The van der Waals surface area contributed by atoms with Gasteiger partial charge in [0, 0.05) is 18.4 Å². The molecule has 0 aliphatic rings. The topological polar surface area (TPSA) is 66.0 Å². The van der Waals surface area contributed by atoms with Gasteiger partial charge in [0.1, 0.15) is 46.1 Å². The minimum atomic E-state index is -0.287. The summed E-state index contributed by atoms with van der Waals surface area (Å²) >= 11 is 22.4.